The van der Waals surface area contributed by atoms with Crippen molar-refractivity contribution in [2.45, 2.75) is 50.5 Å². The SMILES string of the molecule is C=C(C)C(=O)OC(C)CC(OC(=O)C(F)(F)F)(C(F)(F)F)C(F)(F)F. The first kappa shape index (κ1) is 23.1. The van der Waals surface area contributed by atoms with Crippen molar-refractivity contribution >= 4 is 11.9 Å². The molecule has 0 radical (unpaired) electrons. The number of halogens is 9. The Morgan fingerprint density at radius 3 is 1.64 bits per heavy atom. The quantitative estimate of drug-likeness (QED) is 0.407. The van der Waals surface area contributed by atoms with E-state index in [1.165, 1.54) is 0 Å². The summed E-state index contributed by atoms with van der Waals surface area (Å²) in [6, 6.07) is 0. The Kier molecular flexibility index (Phi) is 6.56. The fraction of sp³-hybridized carbons (Fsp3) is 0.667. The van der Waals surface area contributed by atoms with Gasteiger partial charge in [-0.3, -0.25) is 0 Å². The first-order valence-corrected chi connectivity index (χ1v) is 6.15. The first-order chi connectivity index (χ1) is 10.8. The van der Waals surface area contributed by atoms with Crippen LogP contribution in [0, 0.1) is 0 Å². The van der Waals surface area contributed by atoms with Crippen LogP contribution in [-0.4, -0.2) is 42.2 Å². The zero-order valence-electron chi connectivity index (χ0n) is 12.5. The topological polar surface area (TPSA) is 52.6 Å². The zero-order chi connectivity index (χ0) is 20.4. The van der Waals surface area contributed by atoms with Crippen molar-refractivity contribution in [2.24, 2.45) is 0 Å². The molecule has 0 N–H and O–H groups in total. The molecule has 0 saturated carbocycles. The van der Waals surface area contributed by atoms with Gasteiger partial charge in [0.2, 0.25) is 0 Å². The minimum atomic E-state index is -6.48. The van der Waals surface area contributed by atoms with Crippen molar-refractivity contribution in [1.29, 1.82) is 0 Å². The van der Waals surface area contributed by atoms with Crippen molar-refractivity contribution in [3.63, 3.8) is 0 Å². The van der Waals surface area contributed by atoms with E-state index in [9.17, 15) is 49.1 Å². The molecule has 0 bridgehead atoms. The normalized spacial score (nSPS) is 14.7. The second-order valence-electron chi connectivity index (χ2n) is 4.91. The molecular weight excluding hydrogens is 379 g/mol. The number of hydrogen-bond acceptors (Lipinski definition) is 4. The monoisotopic (exact) mass is 390 g/mol. The molecule has 146 valence electrons. The third kappa shape index (κ3) is 5.53. The minimum absolute atomic E-state index is 0.385. The van der Waals surface area contributed by atoms with Gasteiger partial charge in [-0.15, -0.1) is 0 Å². The van der Waals surface area contributed by atoms with Crippen LogP contribution in [0.1, 0.15) is 20.3 Å². The zero-order valence-corrected chi connectivity index (χ0v) is 12.5. The standard InChI is InChI=1S/C12H11F9O4/c1-5(2)7(22)24-6(3)4-9(11(16,17)18,12(19,20)21)25-8(23)10(13,14)15/h6H,1,4H2,2-3H3. The van der Waals surface area contributed by atoms with E-state index in [-0.39, 0.29) is 5.57 Å². The van der Waals surface area contributed by atoms with Crippen LogP contribution < -0.4 is 0 Å². The summed E-state index contributed by atoms with van der Waals surface area (Å²) in [6.45, 7) is 4.61. The molecule has 0 rings (SSSR count). The molecule has 0 heterocycles. The van der Waals surface area contributed by atoms with Crippen molar-refractivity contribution in [3.05, 3.63) is 12.2 Å². The van der Waals surface area contributed by atoms with Crippen LogP contribution in [0.5, 0.6) is 0 Å². The minimum Gasteiger partial charge on any atom is -0.459 e. The smallest absolute Gasteiger partial charge is 0.459 e. The third-order valence-corrected chi connectivity index (χ3v) is 2.65. The molecule has 0 saturated heterocycles. The highest BCUT2D eigenvalue weighted by Gasteiger charge is 2.75. The Labute approximate surface area is 134 Å². The predicted molar refractivity (Wildman–Crippen MR) is 62.0 cm³/mol. The van der Waals surface area contributed by atoms with E-state index < -0.39 is 48.6 Å². The van der Waals surface area contributed by atoms with Crippen molar-refractivity contribution in [2.75, 3.05) is 0 Å². The molecule has 25 heavy (non-hydrogen) atoms. The van der Waals surface area contributed by atoms with Gasteiger partial charge in [0.15, 0.2) is 0 Å². The van der Waals surface area contributed by atoms with Crippen LogP contribution in [0.3, 0.4) is 0 Å². The Balaban J connectivity index is 5.93. The summed E-state index contributed by atoms with van der Waals surface area (Å²) >= 11 is 0. The van der Waals surface area contributed by atoms with Crippen molar-refractivity contribution in [3.8, 4) is 0 Å². The van der Waals surface area contributed by atoms with Crippen LogP contribution in [0.2, 0.25) is 0 Å². The summed E-state index contributed by atoms with van der Waals surface area (Å²) < 4.78 is 121. The molecular formula is C12H11F9O4. The lowest BCUT2D eigenvalue weighted by atomic mass is 9.94. The molecule has 0 aliphatic heterocycles. The van der Waals surface area contributed by atoms with Crippen LogP contribution in [0.4, 0.5) is 39.5 Å². The molecule has 1 unspecified atom stereocenters. The number of alkyl halides is 9. The van der Waals surface area contributed by atoms with Gasteiger partial charge >= 0.3 is 36.1 Å². The Hall–Kier alpha value is -1.95. The molecule has 4 nitrogen and oxygen atoms in total. The Morgan fingerprint density at radius 1 is 0.960 bits per heavy atom. The van der Waals surface area contributed by atoms with E-state index in [2.05, 4.69) is 16.1 Å². The van der Waals surface area contributed by atoms with Gasteiger partial charge in [-0.2, -0.15) is 39.5 Å². The second-order valence-corrected chi connectivity index (χ2v) is 4.91. The summed E-state index contributed by atoms with van der Waals surface area (Å²) in [5.74, 6) is -5.08. The maximum atomic E-state index is 13.0. The van der Waals surface area contributed by atoms with Gasteiger partial charge in [-0.25, -0.2) is 9.59 Å². The Bertz CT molecular complexity index is 516. The molecule has 13 heteroatoms. The van der Waals surface area contributed by atoms with Gasteiger partial charge < -0.3 is 9.47 Å². The van der Waals surface area contributed by atoms with Gasteiger partial charge in [0, 0.05) is 12.0 Å². The molecule has 0 aromatic carbocycles. The summed E-state index contributed by atoms with van der Waals surface area (Å²) in [5, 5.41) is 0. The summed E-state index contributed by atoms with van der Waals surface area (Å²) in [5.41, 5.74) is -5.91. The molecule has 0 spiro atoms. The van der Waals surface area contributed by atoms with E-state index in [0.717, 1.165) is 6.92 Å². The fourth-order valence-electron chi connectivity index (χ4n) is 1.50. The molecule has 0 aromatic heterocycles. The van der Waals surface area contributed by atoms with E-state index >= 15 is 0 Å². The van der Waals surface area contributed by atoms with Crippen molar-refractivity contribution < 1.29 is 58.6 Å². The number of ether oxygens (including phenoxy) is 2. The maximum Gasteiger partial charge on any atom is 0.490 e. The van der Waals surface area contributed by atoms with Crippen LogP contribution in [0.25, 0.3) is 0 Å². The third-order valence-electron chi connectivity index (χ3n) is 2.65. The molecule has 0 aromatic rings. The van der Waals surface area contributed by atoms with Gasteiger partial charge in [-0.1, -0.05) is 6.58 Å². The average Bonchev–Trinajstić information content (AvgIpc) is 2.33. The Morgan fingerprint density at radius 2 is 1.36 bits per heavy atom. The van der Waals surface area contributed by atoms with E-state index in [0.29, 0.717) is 6.92 Å². The molecule has 0 amide bonds. The number of carbonyl (C=O) groups excluding carboxylic acids is 2. The highest BCUT2D eigenvalue weighted by atomic mass is 19.4. The van der Waals surface area contributed by atoms with Gasteiger partial charge in [-0.05, 0) is 13.8 Å². The van der Waals surface area contributed by atoms with E-state index in [4.69, 9.17) is 0 Å². The predicted octanol–water partition coefficient (Wildman–Crippen LogP) is 3.85. The molecule has 0 aliphatic carbocycles. The van der Waals surface area contributed by atoms with Crippen LogP contribution in [-0.2, 0) is 19.1 Å². The lowest BCUT2D eigenvalue weighted by Gasteiger charge is -2.37. The average molecular weight is 390 g/mol. The number of esters is 2. The number of rotatable bonds is 5. The van der Waals surface area contributed by atoms with Gasteiger partial charge in [0.1, 0.15) is 6.10 Å². The first-order valence-electron chi connectivity index (χ1n) is 6.15. The maximum absolute atomic E-state index is 13.0. The van der Waals surface area contributed by atoms with E-state index in [1.54, 1.807) is 0 Å². The number of hydrogen-bond donors (Lipinski definition) is 0. The van der Waals surface area contributed by atoms with E-state index in [1.807, 2.05) is 0 Å². The van der Waals surface area contributed by atoms with Crippen LogP contribution in [0.15, 0.2) is 12.2 Å². The molecule has 0 fully saturated rings. The largest absolute Gasteiger partial charge is 0.490 e. The van der Waals surface area contributed by atoms with Gasteiger partial charge in [0.25, 0.3) is 0 Å². The summed E-state index contributed by atoms with van der Waals surface area (Å²) in [4.78, 5) is 21.8. The molecule has 1 atom stereocenters. The fourth-order valence-corrected chi connectivity index (χ4v) is 1.50. The summed E-state index contributed by atoms with van der Waals surface area (Å²) in [6.07, 6.45) is -23.6. The van der Waals surface area contributed by atoms with Gasteiger partial charge in [0.05, 0.1) is 0 Å². The number of carbonyl (C=O) groups is 2. The highest BCUT2D eigenvalue weighted by molar-refractivity contribution is 5.87. The van der Waals surface area contributed by atoms with Crippen LogP contribution >= 0.6 is 0 Å². The van der Waals surface area contributed by atoms with Crippen molar-refractivity contribution in [1.82, 2.24) is 0 Å². The molecule has 0 aliphatic rings. The summed E-state index contributed by atoms with van der Waals surface area (Å²) in [7, 11) is 0. The lowest BCUT2D eigenvalue weighted by Crippen LogP contribution is -2.62. The highest BCUT2D eigenvalue weighted by Crippen LogP contribution is 2.49. The second kappa shape index (κ2) is 7.12. The lowest BCUT2D eigenvalue weighted by molar-refractivity contribution is -0.380.